The highest BCUT2D eigenvalue weighted by Crippen LogP contribution is 2.30. The van der Waals surface area contributed by atoms with Crippen molar-refractivity contribution in [3.63, 3.8) is 0 Å². The van der Waals surface area contributed by atoms with Crippen LogP contribution in [0.25, 0.3) is 0 Å². The van der Waals surface area contributed by atoms with Gasteiger partial charge >= 0.3 is 6.03 Å². The van der Waals surface area contributed by atoms with Crippen molar-refractivity contribution in [2.24, 2.45) is 5.10 Å². The zero-order valence-corrected chi connectivity index (χ0v) is 12.0. The number of benzene rings is 1. The highest BCUT2D eigenvalue weighted by molar-refractivity contribution is 9.11. The number of amides is 3. The molecule has 6 nitrogen and oxygen atoms in total. The average molecular weight is 377 g/mol. The lowest BCUT2D eigenvalue weighted by Crippen LogP contribution is -2.24. The van der Waals surface area contributed by atoms with Gasteiger partial charge in [0.2, 0.25) is 5.91 Å². The molecule has 1 aliphatic rings. The monoisotopic (exact) mass is 375 g/mol. The van der Waals surface area contributed by atoms with Crippen LogP contribution in [0, 0.1) is 0 Å². The molecule has 3 amide bonds. The van der Waals surface area contributed by atoms with Gasteiger partial charge in [0, 0.05) is 10.0 Å². The zero-order valence-electron chi connectivity index (χ0n) is 8.85. The number of nitrogens with zero attached hydrogens (tertiary/aromatic N) is 2. The van der Waals surface area contributed by atoms with Crippen molar-refractivity contribution >= 4 is 50.0 Å². The minimum Gasteiger partial charge on any atom is -0.506 e. The number of hydrazone groups is 1. The summed E-state index contributed by atoms with van der Waals surface area (Å²) in [5, 5.41) is 16.7. The molecule has 18 heavy (non-hydrogen) atoms. The minimum atomic E-state index is -0.579. The number of halogens is 2. The molecule has 0 unspecified atom stereocenters. The highest BCUT2D eigenvalue weighted by Gasteiger charge is 2.26. The lowest BCUT2D eigenvalue weighted by Gasteiger charge is -2.06. The number of imide groups is 1. The van der Waals surface area contributed by atoms with Gasteiger partial charge in [0.25, 0.3) is 0 Å². The number of carbonyl (C=O) groups is 2. The predicted octanol–water partition coefficient (Wildman–Crippen LogP) is 1.80. The summed E-state index contributed by atoms with van der Waals surface area (Å²) in [7, 11) is 0. The SMILES string of the molecule is O=C1CN(/N=C/c2cc(Br)cc(Br)c2O)C(=O)N1. The first-order valence-electron chi connectivity index (χ1n) is 4.80. The number of aromatic hydroxyl groups is 1. The van der Waals surface area contributed by atoms with Crippen molar-refractivity contribution in [1.29, 1.82) is 0 Å². The van der Waals surface area contributed by atoms with Gasteiger partial charge in [-0.2, -0.15) is 5.10 Å². The Balaban J connectivity index is 2.24. The summed E-state index contributed by atoms with van der Waals surface area (Å²) in [5.41, 5.74) is 0.420. The molecule has 2 rings (SSSR count). The van der Waals surface area contributed by atoms with Gasteiger partial charge in [-0.15, -0.1) is 0 Å². The van der Waals surface area contributed by atoms with Crippen LogP contribution < -0.4 is 5.32 Å². The number of phenols is 1. The van der Waals surface area contributed by atoms with E-state index >= 15 is 0 Å². The van der Waals surface area contributed by atoms with Crippen molar-refractivity contribution < 1.29 is 14.7 Å². The van der Waals surface area contributed by atoms with E-state index in [1.807, 2.05) is 0 Å². The first-order chi connectivity index (χ1) is 8.47. The molecular formula is C10H7Br2N3O3. The first kappa shape index (κ1) is 13.0. The molecule has 0 aromatic heterocycles. The third-order valence-corrected chi connectivity index (χ3v) is 3.23. The molecule has 1 heterocycles. The van der Waals surface area contributed by atoms with E-state index in [0.29, 0.717) is 10.0 Å². The molecule has 0 spiro atoms. The molecule has 94 valence electrons. The maximum Gasteiger partial charge on any atom is 0.344 e. The predicted molar refractivity (Wildman–Crippen MR) is 71.3 cm³/mol. The Hall–Kier alpha value is -1.41. The normalized spacial score (nSPS) is 15.6. The maximum absolute atomic E-state index is 11.2. The molecule has 2 N–H and O–H groups in total. The number of carbonyl (C=O) groups excluding carboxylic acids is 2. The third kappa shape index (κ3) is 2.70. The fraction of sp³-hybridized carbons (Fsp3) is 0.100. The summed E-state index contributed by atoms with van der Waals surface area (Å²) in [6.07, 6.45) is 1.31. The van der Waals surface area contributed by atoms with Gasteiger partial charge in [0.1, 0.15) is 12.3 Å². The van der Waals surface area contributed by atoms with Crippen LogP contribution in [0.5, 0.6) is 5.75 Å². The Labute approximate surface area is 119 Å². The van der Waals surface area contributed by atoms with Crippen LogP contribution in [0.1, 0.15) is 5.56 Å². The Morgan fingerprint density at radius 2 is 2.11 bits per heavy atom. The summed E-state index contributed by atoms with van der Waals surface area (Å²) < 4.78 is 1.25. The van der Waals surface area contributed by atoms with Crippen molar-refractivity contribution in [1.82, 2.24) is 10.3 Å². The van der Waals surface area contributed by atoms with Gasteiger partial charge < -0.3 is 5.11 Å². The number of nitrogens with one attached hydrogen (secondary N) is 1. The Kier molecular flexibility index (Phi) is 3.67. The summed E-state index contributed by atoms with van der Waals surface area (Å²) in [6.45, 7) is -0.120. The van der Waals surface area contributed by atoms with Crippen LogP contribution in [0.2, 0.25) is 0 Å². The van der Waals surface area contributed by atoms with Crippen LogP contribution in [-0.2, 0) is 4.79 Å². The van der Waals surface area contributed by atoms with Gasteiger partial charge in [-0.3, -0.25) is 10.1 Å². The van der Waals surface area contributed by atoms with Gasteiger partial charge in [-0.05, 0) is 28.1 Å². The molecule has 1 saturated heterocycles. The summed E-state index contributed by atoms with van der Waals surface area (Å²) >= 11 is 6.46. The van der Waals surface area contributed by atoms with Crippen LogP contribution in [0.15, 0.2) is 26.2 Å². The summed E-state index contributed by atoms with van der Waals surface area (Å²) in [4.78, 5) is 22.2. The van der Waals surface area contributed by atoms with E-state index in [-0.39, 0.29) is 12.3 Å². The largest absolute Gasteiger partial charge is 0.506 e. The molecule has 0 atom stereocenters. The molecule has 0 aliphatic carbocycles. The van der Waals surface area contributed by atoms with E-state index in [1.165, 1.54) is 6.21 Å². The number of urea groups is 1. The van der Waals surface area contributed by atoms with Crippen LogP contribution in [-0.4, -0.2) is 34.8 Å². The van der Waals surface area contributed by atoms with Gasteiger partial charge in [-0.25, -0.2) is 9.80 Å². The van der Waals surface area contributed by atoms with Crippen molar-refractivity contribution in [3.05, 3.63) is 26.6 Å². The standard InChI is InChI=1S/C10H7Br2N3O3/c11-6-1-5(9(17)7(12)2-6)3-13-15-4-8(16)14-10(15)18/h1-3,17H,4H2,(H,14,16,18)/b13-3+. The number of hydrogen-bond donors (Lipinski definition) is 2. The highest BCUT2D eigenvalue weighted by atomic mass is 79.9. The van der Waals surface area contributed by atoms with E-state index in [0.717, 1.165) is 9.48 Å². The van der Waals surface area contributed by atoms with E-state index in [1.54, 1.807) is 12.1 Å². The van der Waals surface area contributed by atoms with E-state index in [9.17, 15) is 14.7 Å². The third-order valence-electron chi connectivity index (χ3n) is 2.17. The molecule has 8 heteroatoms. The van der Waals surface area contributed by atoms with Crippen LogP contribution >= 0.6 is 31.9 Å². The first-order valence-corrected chi connectivity index (χ1v) is 6.39. The quantitative estimate of drug-likeness (QED) is 0.610. The lowest BCUT2D eigenvalue weighted by molar-refractivity contribution is -0.118. The second-order valence-electron chi connectivity index (χ2n) is 3.48. The molecule has 1 aliphatic heterocycles. The molecule has 1 aromatic carbocycles. The van der Waals surface area contributed by atoms with Gasteiger partial charge in [0.15, 0.2) is 0 Å². The number of rotatable bonds is 2. The van der Waals surface area contributed by atoms with E-state index in [2.05, 4.69) is 42.3 Å². The van der Waals surface area contributed by atoms with E-state index in [4.69, 9.17) is 0 Å². The second kappa shape index (κ2) is 5.07. The van der Waals surface area contributed by atoms with Crippen LogP contribution in [0.3, 0.4) is 0 Å². The Morgan fingerprint density at radius 1 is 1.39 bits per heavy atom. The van der Waals surface area contributed by atoms with Gasteiger partial charge in [-0.1, -0.05) is 15.9 Å². The number of hydrogen-bond acceptors (Lipinski definition) is 4. The summed E-state index contributed by atoms with van der Waals surface area (Å²) in [5.74, 6) is -0.398. The number of phenolic OH excluding ortho intramolecular Hbond substituents is 1. The summed E-state index contributed by atoms with van der Waals surface area (Å²) in [6, 6.07) is 2.74. The molecule has 1 fully saturated rings. The fourth-order valence-corrected chi connectivity index (χ4v) is 2.60. The molecular weight excluding hydrogens is 370 g/mol. The smallest absolute Gasteiger partial charge is 0.344 e. The minimum absolute atomic E-state index is 0.00730. The Bertz CT molecular complexity index is 560. The van der Waals surface area contributed by atoms with Crippen molar-refractivity contribution in [3.8, 4) is 5.75 Å². The maximum atomic E-state index is 11.2. The lowest BCUT2D eigenvalue weighted by atomic mass is 10.2. The van der Waals surface area contributed by atoms with Crippen molar-refractivity contribution in [2.75, 3.05) is 6.54 Å². The van der Waals surface area contributed by atoms with E-state index < -0.39 is 11.9 Å². The Morgan fingerprint density at radius 3 is 2.72 bits per heavy atom. The van der Waals surface area contributed by atoms with Crippen LogP contribution in [0.4, 0.5) is 4.79 Å². The zero-order chi connectivity index (χ0) is 13.3. The van der Waals surface area contributed by atoms with Crippen molar-refractivity contribution in [2.45, 2.75) is 0 Å². The topological polar surface area (TPSA) is 82.0 Å². The van der Waals surface area contributed by atoms with Gasteiger partial charge in [0.05, 0.1) is 10.7 Å². The molecule has 0 saturated carbocycles. The fourth-order valence-electron chi connectivity index (χ4n) is 1.34. The molecule has 1 aromatic rings. The molecule has 0 bridgehead atoms. The molecule has 0 radical (unpaired) electrons. The second-order valence-corrected chi connectivity index (χ2v) is 5.25. The average Bonchev–Trinajstić information content (AvgIpc) is 2.60.